The van der Waals surface area contributed by atoms with Crippen LogP contribution in [-0.2, 0) is 4.79 Å². The Morgan fingerprint density at radius 2 is 2.50 bits per heavy atom. The second kappa shape index (κ2) is 2.09. The number of carboxylic acids is 1. The highest BCUT2D eigenvalue weighted by molar-refractivity contribution is 5.80. The smallest absolute Gasteiger partial charge is 0.324 e. The van der Waals surface area contributed by atoms with E-state index < -0.39 is 11.5 Å². The molecule has 3 nitrogen and oxygen atoms in total. The van der Waals surface area contributed by atoms with E-state index in [-0.39, 0.29) is 0 Å². The summed E-state index contributed by atoms with van der Waals surface area (Å²) < 4.78 is 0. The molecule has 10 heavy (non-hydrogen) atoms. The first-order valence-corrected chi connectivity index (χ1v) is 3.22. The van der Waals surface area contributed by atoms with Crippen molar-refractivity contribution in [3.05, 3.63) is 11.6 Å². The molecule has 56 valence electrons. The number of carboxylic acid groups (broad SMARTS) is 1. The molecule has 1 unspecified atom stereocenters. The molecule has 3 N–H and O–H groups in total. The lowest BCUT2D eigenvalue weighted by atomic mass is 9.97. The molecule has 0 aromatic carbocycles. The average molecular weight is 141 g/mol. The van der Waals surface area contributed by atoms with Crippen LogP contribution >= 0.6 is 0 Å². The lowest BCUT2D eigenvalue weighted by molar-refractivity contribution is -0.142. The van der Waals surface area contributed by atoms with Gasteiger partial charge in [0.2, 0.25) is 0 Å². The molecule has 0 aromatic rings. The predicted molar refractivity (Wildman–Crippen MR) is 37.5 cm³/mol. The second-order valence-electron chi connectivity index (χ2n) is 2.89. The maximum absolute atomic E-state index is 10.5. The van der Waals surface area contributed by atoms with E-state index in [1.54, 1.807) is 0 Å². The molecule has 0 aromatic heterocycles. The van der Waals surface area contributed by atoms with Gasteiger partial charge in [-0.1, -0.05) is 11.6 Å². The molecule has 3 heteroatoms. The first-order valence-electron chi connectivity index (χ1n) is 3.22. The van der Waals surface area contributed by atoms with Crippen LogP contribution < -0.4 is 5.73 Å². The Morgan fingerprint density at radius 3 is 2.70 bits per heavy atom. The molecule has 0 amide bonds. The van der Waals surface area contributed by atoms with E-state index in [9.17, 15) is 4.79 Å². The number of aliphatic carboxylic acids is 1. The highest BCUT2D eigenvalue weighted by Gasteiger charge is 2.36. The van der Waals surface area contributed by atoms with E-state index in [0.717, 1.165) is 5.57 Å². The van der Waals surface area contributed by atoms with Crippen LogP contribution in [0.3, 0.4) is 0 Å². The van der Waals surface area contributed by atoms with Crippen molar-refractivity contribution < 1.29 is 9.90 Å². The topological polar surface area (TPSA) is 63.3 Å². The molecule has 1 atom stereocenters. The normalized spacial score (nSPS) is 32.0. The third-order valence-electron chi connectivity index (χ3n) is 1.83. The summed E-state index contributed by atoms with van der Waals surface area (Å²) in [5.41, 5.74) is 5.60. The molecular weight excluding hydrogens is 130 g/mol. The molecule has 0 fully saturated rings. The van der Waals surface area contributed by atoms with Crippen molar-refractivity contribution in [2.45, 2.75) is 25.3 Å². The minimum Gasteiger partial charge on any atom is -0.480 e. The first kappa shape index (κ1) is 7.28. The number of nitrogens with two attached hydrogens (primary N) is 1. The van der Waals surface area contributed by atoms with Gasteiger partial charge in [0, 0.05) is 0 Å². The van der Waals surface area contributed by atoms with Crippen molar-refractivity contribution in [1.82, 2.24) is 0 Å². The largest absolute Gasteiger partial charge is 0.480 e. The molecule has 0 heterocycles. The molecule has 0 bridgehead atoms. The Kier molecular flexibility index (Phi) is 1.52. The fourth-order valence-corrected chi connectivity index (χ4v) is 1.16. The van der Waals surface area contributed by atoms with Gasteiger partial charge in [-0.2, -0.15) is 0 Å². The summed E-state index contributed by atoms with van der Waals surface area (Å²) in [7, 11) is 0. The van der Waals surface area contributed by atoms with Crippen LogP contribution in [0.5, 0.6) is 0 Å². The van der Waals surface area contributed by atoms with Gasteiger partial charge in [0.1, 0.15) is 5.54 Å². The van der Waals surface area contributed by atoms with Gasteiger partial charge in [0.25, 0.3) is 0 Å². The fraction of sp³-hybridized carbons (Fsp3) is 0.571. The number of hydrogen-bond acceptors (Lipinski definition) is 2. The Balaban J connectivity index is 2.70. The van der Waals surface area contributed by atoms with Crippen LogP contribution in [-0.4, -0.2) is 16.6 Å². The molecule has 0 aliphatic heterocycles. The number of rotatable bonds is 1. The van der Waals surface area contributed by atoms with Crippen LogP contribution in [0, 0.1) is 0 Å². The van der Waals surface area contributed by atoms with E-state index in [4.69, 9.17) is 10.8 Å². The van der Waals surface area contributed by atoms with Gasteiger partial charge in [-0.15, -0.1) is 0 Å². The monoisotopic (exact) mass is 141 g/mol. The van der Waals surface area contributed by atoms with Gasteiger partial charge < -0.3 is 10.8 Å². The van der Waals surface area contributed by atoms with E-state index in [2.05, 4.69) is 0 Å². The fourth-order valence-electron chi connectivity index (χ4n) is 1.16. The van der Waals surface area contributed by atoms with Crippen LogP contribution in [0.2, 0.25) is 0 Å². The van der Waals surface area contributed by atoms with Gasteiger partial charge in [-0.3, -0.25) is 4.79 Å². The summed E-state index contributed by atoms with van der Waals surface area (Å²) in [4.78, 5) is 10.5. The van der Waals surface area contributed by atoms with Crippen molar-refractivity contribution in [1.29, 1.82) is 0 Å². The molecule has 1 aliphatic carbocycles. The second-order valence-corrected chi connectivity index (χ2v) is 2.89. The van der Waals surface area contributed by atoms with E-state index in [1.807, 2.05) is 13.0 Å². The standard InChI is InChI=1S/C7H11NO2/c1-5-2-3-7(8,4-5)6(9)10/h2H,3-4,8H2,1H3,(H,9,10). The molecular formula is C7H11NO2. The molecule has 0 saturated carbocycles. The Bertz CT molecular complexity index is 198. The van der Waals surface area contributed by atoms with Crippen LogP contribution in [0.1, 0.15) is 19.8 Å². The first-order chi connectivity index (χ1) is 4.54. The van der Waals surface area contributed by atoms with E-state index in [0.29, 0.717) is 12.8 Å². The van der Waals surface area contributed by atoms with Gasteiger partial charge >= 0.3 is 5.97 Å². The lowest BCUT2D eigenvalue weighted by Crippen LogP contribution is -2.45. The molecule has 0 radical (unpaired) electrons. The summed E-state index contributed by atoms with van der Waals surface area (Å²) >= 11 is 0. The summed E-state index contributed by atoms with van der Waals surface area (Å²) in [6.45, 7) is 1.90. The van der Waals surface area contributed by atoms with Gasteiger partial charge in [-0.25, -0.2) is 0 Å². The molecule has 1 rings (SSSR count). The number of carbonyl (C=O) groups is 1. The zero-order chi connectivity index (χ0) is 7.78. The van der Waals surface area contributed by atoms with Crippen molar-refractivity contribution in [3.8, 4) is 0 Å². The minimum atomic E-state index is -1.01. The third-order valence-corrected chi connectivity index (χ3v) is 1.83. The number of hydrogen-bond donors (Lipinski definition) is 2. The Morgan fingerprint density at radius 1 is 1.90 bits per heavy atom. The lowest BCUT2D eigenvalue weighted by Gasteiger charge is -2.17. The maximum Gasteiger partial charge on any atom is 0.324 e. The maximum atomic E-state index is 10.5. The quantitative estimate of drug-likeness (QED) is 0.523. The Hall–Kier alpha value is -0.830. The zero-order valence-corrected chi connectivity index (χ0v) is 5.92. The van der Waals surface area contributed by atoms with Crippen LogP contribution in [0.25, 0.3) is 0 Å². The molecule has 0 saturated heterocycles. The van der Waals surface area contributed by atoms with Gasteiger partial charge in [-0.05, 0) is 19.8 Å². The van der Waals surface area contributed by atoms with E-state index >= 15 is 0 Å². The Labute approximate surface area is 59.5 Å². The highest BCUT2D eigenvalue weighted by atomic mass is 16.4. The van der Waals surface area contributed by atoms with Crippen LogP contribution in [0.4, 0.5) is 0 Å². The van der Waals surface area contributed by atoms with Crippen molar-refractivity contribution in [2.24, 2.45) is 5.73 Å². The zero-order valence-electron chi connectivity index (χ0n) is 5.92. The van der Waals surface area contributed by atoms with Crippen LogP contribution in [0.15, 0.2) is 11.6 Å². The minimum absolute atomic E-state index is 0.466. The average Bonchev–Trinajstić information content (AvgIpc) is 2.13. The van der Waals surface area contributed by atoms with Gasteiger partial charge in [0.15, 0.2) is 0 Å². The predicted octanol–water partition coefficient (Wildman–Crippen LogP) is 0.509. The van der Waals surface area contributed by atoms with E-state index in [1.165, 1.54) is 0 Å². The highest BCUT2D eigenvalue weighted by Crippen LogP contribution is 2.26. The summed E-state index contributed by atoms with van der Waals surface area (Å²) in [6, 6.07) is 0. The summed E-state index contributed by atoms with van der Waals surface area (Å²) in [5.74, 6) is -0.902. The summed E-state index contributed by atoms with van der Waals surface area (Å²) in [6.07, 6.45) is 2.84. The molecule has 1 aliphatic rings. The molecule has 0 spiro atoms. The third kappa shape index (κ3) is 1.04. The van der Waals surface area contributed by atoms with Crippen molar-refractivity contribution >= 4 is 5.97 Å². The van der Waals surface area contributed by atoms with Crippen molar-refractivity contribution in [3.63, 3.8) is 0 Å². The SMILES string of the molecule is CC1=CCC(N)(C(=O)O)C1. The van der Waals surface area contributed by atoms with Gasteiger partial charge in [0.05, 0.1) is 0 Å². The van der Waals surface area contributed by atoms with Crippen molar-refractivity contribution in [2.75, 3.05) is 0 Å². The summed E-state index contributed by atoms with van der Waals surface area (Å²) in [5, 5.41) is 8.63.